The predicted octanol–water partition coefficient (Wildman–Crippen LogP) is 2.46. The summed E-state index contributed by atoms with van der Waals surface area (Å²) < 4.78 is 5.37. The van der Waals surface area contributed by atoms with Crippen molar-refractivity contribution in [1.82, 2.24) is 4.90 Å². The summed E-state index contributed by atoms with van der Waals surface area (Å²) in [5, 5.41) is 9.46. The van der Waals surface area contributed by atoms with Gasteiger partial charge in [0.15, 0.2) is 0 Å². The number of esters is 1. The van der Waals surface area contributed by atoms with E-state index in [1.165, 1.54) is 11.9 Å². The number of carbonyl (C=O) groups is 2. The zero-order chi connectivity index (χ0) is 15.8. The van der Waals surface area contributed by atoms with E-state index in [2.05, 4.69) is 0 Å². The Morgan fingerprint density at radius 3 is 2.48 bits per heavy atom. The normalized spacial score (nSPS) is 11.8. The van der Waals surface area contributed by atoms with Gasteiger partial charge in [0.2, 0.25) is 5.91 Å². The maximum atomic E-state index is 12.0. The third-order valence-electron chi connectivity index (χ3n) is 3.00. The molecule has 0 fully saturated rings. The lowest BCUT2D eigenvalue weighted by molar-refractivity contribution is -0.135. The molecule has 6 heteroatoms. The van der Waals surface area contributed by atoms with Crippen molar-refractivity contribution in [2.75, 3.05) is 13.8 Å². The van der Waals surface area contributed by atoms with Crippen molar-refractivity contribution in [2.45, 2.75) is 32.3 Å². The first-order valence-electron chi connectivity index (χ1n) is 6.79. The third kappa shape index (κ3) is 5.73. The minimum atomic E-state index is -0.500. The highest BCUT2D eigenvalue weighted by Crippen LogP contribution is 2.14. The summed E-state index contributed by atoms with van der Waals surface area (Å²) in [5.41, 5.74) is 0.392. The van der Waals surface area contributed by atoms with E-state index in [0.29, 0.717) is 17.0 Å². The highest BCUT2D eigenvalue weighted by atomic mass is 35.5. The van der Waals surface area contributed by atoms with Crippen molar-refractivity contribution in [3.05, 3.63) is 34.9 Å². The number of aliphatic hydroxyl groups excluding tert-OH is 1. The Labute approximate surface area is 129 Å². The average molecular weight is 314 g/mol. The van der Waals surface area contributed by atoms with Crippen molar-refractivity contribution in [3.63, 3.8) is 0 Å². The van der Waals surface area contributed by atoms with Gasteiger partial charge < -0.3 is 14.7 Å². The van der Waals surface area contributed by atoms with Crippen LogP contribution in [0.15, 0.2) is 24.3 Å². The molecule has 5 nitrogen and oxygen atoms in total. The molecule has 0 aliphatic heterocycles. The number of halogens is 1. The summed E-state index contributed by atoms with van der Waals surface area (Å²) in [6, 6.07) is 6.38. The number of ether oxygens (including phenoxy) is 1. The lowest BCUT2D eigenvalue weighted by Gasteiger charge is -2.20. The molecule has 1 amide bonds. The van der Waals surface area contributed by atoms with Gasteiger partial charge in [-0.25, -0.2) is 4.79 Å². The molecule has 1 unspecified atom stereocenters. The molecule has 1 aromatic rings. The van der Waals surface area contributed by atoms with Crippen molar-refractivity contribution < 1.29 is 19.4 Å². The van der Waals surface area contributed by atoms with E-state index in [1.807, 2.05) is 6.92 Å². The van der Waals surface area contributed by atoms with E-state index in [-0.39, 0.29) is 19.1 Å². The van der Waals surface area contributed by atoms with Crippen LogP contribution in [0, 0.1) is 0 Å². The minimum absolute atomic E-state index is 0.0598. The minimum Gasteiger partial charge on any atom is -0.458 e. The summed E-state index contributed by atoms with van der Waals surface area (Å²) >= 11 is 5.77. The molecule has 116 valence electrons. The maximum Gasteiger partial charge on any atom is 0.338 e. The molecule has 1 aromatic carbocycles. The third-order valence-corrected chi connectivity index (χ3v) is 3.26. The first-order valence-corrected chi connectivity index (χ1v) is 7.17. The van der Waals surface area contributed by atoms with Gasteiger partial charge in [-0.1, -0.05) is 24.9 Å². The number of nitrogens with zero attached hydrogens (tertiary/aromatic N) is 1. The van der Waals surface area contributed by atoms with Gasteiger partial charge in [0.25, 0.3) is 0 Å². The van der Waals surface area contributed by atoms with Gasteiger partial charge in [-0.05, 0) is 30.7 Å². The molecular formula is C15H20ClNO4. The van der Waals surface area contributed by atoms with Gasteiger partial charge in [0.05, 0.1) is 12.0 Å². The Balaban J connectivity index is 2.67. The van der Waals surface area contributed by atoms with Crippen LogP contribution in [0.1, 0.15) is 36.5 Å². The Hall–Kier alpha value is -1.59. The van der Waals surface area contributed by atoms with Crippen molar-refractivity contribution >= 4 is 23.5 Å². The van der Waals surface area contributed by atoms with Crippen LogP contribution in [0.4, 0.5) is 0 Å². The zero-order valence-corrected chi connectivity index (χ0v) is 13.0. The number of benzene rings is 1. The molecule has 1 atom stereocenters. The van der Waals surface area contributed by atoms with Gasteiger partial charge in [-0.2, -0.15) is 0 Å². The first-order chi connectivity index (χ1) is 9.97. The van der Waals surface area contributed by atoms with E-state index in [0.717, 1.165) is 6.42 Å². The molecule has 0 radical (unpaired) electrons. The second-order valence-electron chi connectivity index (χ2n) is 4.76. The summed E-state index contributed by atoms with van der Waals surface area (Å²) in [7, 11) is 1.49. The lowest BCUT2D eigenvalue weighted by Crippen LogP contribution is -2.32. The Bertz CT molecular complexity index is 475. The molecule has 0 heterocycles. The Kier molecular flexibility index (Phi) is 7.19. The van der Waals surface area contributed by atoms with Gasteiger partial charge in [-0.15, -0.1) is 0 Å². The molecule has 1 N–H and O–H groups in total. The fraction of sp³-hybridized carbons (Fsp3) is 0.467. The number of rotatable bonds is 7. The fourth-order valence-corrected chi connectivity index (χ4v) is 1.89. The Morgan fingerprint density at radius 2 is 1.95 bits per heavy atom. The van der Waals surface area contributed by atoms with Crippen LogP contribution < -0.4 is 0 Å². The molecule has 0 saturated carbocycles. The van der Waals surface area contributed by atoms with E-state index >= 15 is 0 Å². The second kappa shape index (κ2) is 8.64. The number of amides is 1. The molecule has 0 saturated heterocycles. The second-order valence-corrected chi connectivity index (χ2v) is 5.20. The number of hydrogen-bond donors (Lipinski definition) is 1. The molecule has 0 aliphatic rings. The highest BCUT2D eigenvalue weighted by Gasteiger charge is 2.20. The summed E-state index contributed by atoms with van der Waals surface area (Å²) in [6.45, 7) is 1.59. The zero-order valence-electron chi connectivity index (χ0n) is 12.2. The first kappa shape index (κ1) is 17.5. The highest BCUT2D eigenvalue weighted by molar-refractivity contribution is 6.30. The SMILES string of the molecule is CCCC(CC(=O)N(C)CO)OC(=O)c1ccc(Cl)cc1. The van der Waals surface area contributed by atoms with Crippen LogP contribution in [0.5, 0.6) is 0 Å². The summed E-state index contributed by atoms with van der Waals surface area (Å²) in [5.74, 6) is -0.746. The quantitative estimate of drug-likeness (QED) is 0.620. The smallest absolute Gasteiger partial charge is 0.338 e. The average Bonchev–Trinajstić information content (AvgIpc) is 2.47. The van der Waals surface area contributed by atoms with E-state index < -0.39 is 12.1 Å². The number of hydrogen-bond acceptors (Lipinski definition) is 4. The summed E-state index contributed by atoms with van der Waals surface area (Å²) in [6.07, 6.45) is 0.933. The van der Waals surface area contributed by atoms with E-state index in [4.69, 9.17) is 21.4 Å². The van der Waals surface area contributed by atoms with Crippen LogP contribution >= 0.6 is 11.6 Å². The molecule has 21 heavy (non-hydrogen) atoms. The monoisotopic (exact) mass is 313 g/mol. The molecular weight excluding hydrogens is 294 g/mol. The molecule has 0 spiro atoms. The summed E-state index contributed by atoms with van der Waals surface area (Å²) in [4.78, 5) is 25.0. The van der Waals surface area contributed by atoms with Gasteiger partial charge in [0.1, 0.15) is 12.8 Å². The van der Waals surface area contributed by atoms with Crippen LogP contribution in [0.2, 0.25) is 5.02 Å². The standard InChI is InChI=1S/C15H20ClNO4/c1-3-4-13(9-14(19)17(2)10-18)21-15(20)11-5-7-12(16)8-6-11/h5-8,13,18H,3-4,9-10H2,1-2H3. The number of carbonyl (C=O) groups excluding carboxylic acids is 2. The topological polar surface area (TPSA) is 66.8 Å². The van der Waals surface area contributed by atoms with Crippen LogP contribution in [0.3, 0.4) is 0 Å². The van der Waals surface area contributed by atoms with Crippen molar-refractivity contribution in [2.24, 2.45) is 0 Å². The van der Waals surface area contributed by atoms with E-state index in [9.17, 15) is 9.59 Å². The molecule has 1 rings (SSSR count). The molecule has 0 aliphatic carbocycles. The van der Waals surface area contributed by atoms with Crippen LogP contribution in [0.25, 0.3) is 0 Å². The molecule has 0 bridgehead atoms. The van der Waals surface area contributed by atoms with Gasteiger partial charge in [-0.3, -0.25) is 4.79 Å². The Morgan fingerprint density at radius 1 is 1.33 bits per heavy atom. The molecule has 0 aromatic heterocycles. The number of aliphatic hydroxyl groups is 1. The fourth-order valence-electron chi connectivity index (χ4n) is 1.76. The van der Waals surface area contributed by atoms with Crippen LogP contribution in [-0.2, 0) is 9.53 Å². The van der Waals surface area contributed by atoms with E-state index in [1.54, 1.807) is 24.3 Å². The predicted molar refractivity (Wildman–Crippen MR) is 80.0 cm³/mol. The van der Waals surface area contributed by atoms with Gasteiger partial charge in [0, 0.05) is 12.1 Å². The van der Waals surface area contributed by atoms with Crippen LogP contribution in [-0.4, -0.2) is 41.8 Å². The van der Waals surface area contributed by atoms with Gasteiger partial charge >= 0.3 is 5.97 Å². The maximum absolute atomic E-state index is 12.0. The van der Waals surface area contributed by atoms with Crippen molar-refractivity contribution in [3.8, 4) is 0 Å². The lowest BCUT2D eigenvalue weighted by atomic mass is 10.1. The van der Waals surface area contributed by atoms with Crippen molar-refractivity contribution in [1.29, 1.82) is 0 Å². The largest absolute Gasteiger partial charge is 0.458 e.